The fourth-order valence-corrected chi connectivity index (χ4v) is 4.49. The average Bonchev–Trinajstić information content (AvgIpc) is 2.97. The summed E-state index contributed by atoms with van der Waals surface area (Å²) < 4.78 is 28.6. The monoisotopic (exact) mass is 389 g/mol. The predicted molar refractivity (Wildman–Crippen MR) is 105 cm³/mol. The van der Waals surface area contributed by atoms with Crippen LogP contribution in [0.4, 0.5) is 5.69 Å². The van der Waals surface area contributed by atoms with Gasteiger partial charge in [0.25, 0.3) is 10.0 Å². The summed E-state index contributed by atoms with van der Waals surface area (Å²) in [7, 11) is -3.72. The van der Waals surface area contributed by atoms with Crippen LogP contribution in [-0.2, 0) is 15.4 Å². The van der Waals surface area contributed by atoms with E-state index in [-0.39, 0.29) is 15.2 Å². The lowest BCUT2D eigenvalue weighted by Gasteiger charge is -2.19. The molecule has 1 aromatic heterocycles. The largest absolute Gasteiger partial charge is 0.477 e. The number of benzene rings is 2. The Morgan fingerprint density at radius 3 is 2.27 bits per heavy atom. The van der Waals surface area contributed by atoms with E-state index in [4.69, 9.17) is 5.11 Å². The van der Waals surface area contributed by atoms with Crippen LogP contribution in [0.5, 0.6) is 0 Å². The third-order valence-electron chi connectivity index (χ3n) is 4.01. The minimum absolute atomic E-state index is 0.0540. The Balaban J connectivity index is 1.89. The highest BCUT2D eigenvalue weighted by molar-refractivity contribution is 7.92. The number of carbonyl (C=O) groups is 1. The van der Waals surface area contributed by atoms with Gasteiger partial charge in [-0.1, -0.05) is 32.9 Å². The predicted octanol–water partition coefficient (Wildman–Crippen LogP) is 4.70. The molecule has 0 bridgehead atoms. The van der Waals surface area contributed by atoms with Crippen LogP contribution >= 0.6 is 11.3 Å². The van der Waals surface area contributed by atoms with Crippen LogP contribution in [0.1, 0.15) is 36.0 Å². The molecule has 1 heterocycles. The van der Waals surface area contributed by atoms with Crippen molar-refractivity contribution in [2.75, 3.05) is 4.72 Å². The topological polar surface area (TPSA) is 83.5 Å². The van der Waals surface area contributed by atoms with Gasteiger partial charge in [-0.25, -0.2) is 13.2 Å². The number of fused-ring (bicyclic) bond motifs is 1. The fraction of sp³-hybridized carbons (Fsp3) is 0.211. The van der Waals surface area contributed by atoms with Crippen molar-refractivity contribution in [2.45, 2.75) is 31.1 Å². The Morgan fingerprint density at radius 2 is 1.69 bits per heavy atom. The molecule has 2 aromatic carbocycles. The number of hydrogen-bond acceptors (Lipinski definition) is 4. The minimum Gasteiger partial charge on any atom is -0.477 e. The number of anilines is 1. The lowest BCUT2D eigenvalue weighted by molar-refractivity contribution is 0.0702. The molecule has 0 aliphatic rings. The second-order valence-corrected chi connectivity index (χ2v) is 9.81. The average molecular weight is 389 g/mol. The number of thiophene rings is 1. The number of aromatic carboxylic acids is 1. The Kier molecular flexibility index (Phi) is 4.54. The van der Waals surface area contributed by atoms with E-state index in [0.29, 0.717) is 11.1 Å². The van der Waals surface area contributed by atoms with Gasteiger partial charge >= 0.3 is 5.97 Å². The number of rotatable bonds is 4. The molecule has 0 amide bonds. The molecule has 0 atom stereocenters. The molecule has 0 radical (unpaired) electrons. The number of carboxylic acids is 1. The maximum Gasteiger partial charge on any atom is 0.345 e. The van der Waals surface area contributed by atoms with Gasteiger partial charge in [0.05, 0.1) is 4.90 Å². The molecule has 0 aliphatic carbocycles. The zero-order chi connectivity index (χ0) is 19.1. The van der Waals surface area contributed by atoms with Crippen molar-refractivity contribution < 1.29 is 18.3 Å². The van der Waals surface area contributed by atoms with Crippen molar-refractivity contribution >= 4 is 43.1 Å². The van der Waals surface area contributed by atoms with Crippen LogP contribution in [0.3, 0.4) is 0 Å². The molecule has 2 N–H and O–H groups in total. The first-order chi connectivity index (χ1) is 12.1. The van der Waals surface area contributed by atoms with Gasteiger partial charge in [-0.3, -0.25) is 4.72 Å². The number of hydrogen-bond donors (Lipinski definition) is 2. The van der Waals surface area contributed by atoms with E-state index in [9.17, 15) is 13.2 Å². The molecule has 0 saturated carbocycles. The van der Waals surface area contributed by atoms with Gasteiger partial charge in [-0.05, 0) is 52.8 Å². The molecule has 26 heavy (non-hydrogen) atoms. The summed E-state index contributed by atoms with van der Waals surface area (Å²) in [5.74, 6) is -0.993. The highest BCUT2D eigenvalue weighted by Crippen LogP contribution is 2.29. The van der Waals surface area contributed by atoms with Crippen LogP contribution in [0, 0.1) is 0 Å². The SMILES string of the molecule is CC(C)(C)c1ccc(S(=O)(=O)Nc2ccc3sc(C(=O)O)cc3c2)cc1. The van der Waals surface area contributed by atoms with Crippen molar-refractivity contribution in [1.82, 2.24) is 0 Å². The molecular formula is C19H19NO4S2. The molecule has 3 rings (SSSR count). The van der Waals surface area contributed by atoms with Gasteiger partial charge in [0, 0.05) is 10.4 Å². The standard InChI is InChI=1S/C19H19NO4S2/c1-19(2,3)13-4-7-15(8-5-13)26(23,24)20-14-6-9-16-12(10-14)11-17(25-16)18(21)22/h4-11,20H,1-3H3,(H,21,22). The van der Waals surface area contributed by atoms with E-state index >= 15 is 0 Å². The van der Waals surface area contributed by atoms with Gasteiger partial charge < -0.3 is 5.11 Å². The summed E-state index contributed by atoms with van der Waals surface area (Å²) >= 11 is 1.16. The quantitative estimate of drug-likeness (QED) is 0.677. The maximum absolute atomic E-state index is 12.6. The van der Waals surface area contributed by atoms with Crippen molar-refractivity contribution in [2.24, 2.45) is 0 Å². The normalized spacial score (nSPS) is 12.3. The molecule has 5 nitrogen and oxygen atoms in total. The van der Waals surface area contributed by atoms with E-state index in [1.165, 1.54) is 6.07 Å². The summed E-state index contributed by atoms with van der Waals surface area (Å²) in [6.07, 6.45) is 0. The Labute approximate surface area is 156 Å². The molecule has 0 unspecified atom stereocenters. The highest BCUT2D eigenvalue weighted by atomic mass is 32.2. The second kappa shape index (κ2) is 6.41. The van der Waals surface area contributed by atoms with Gasteiger partial charge in [0.2, 0.25) is 0 Å². The first-order valence-corrected chi connectivity index (χ1v) is 10.3. The maximum atomic E-state index is 12.6. The van der Waals surface area contributed by atoms with Gasteiger partial charge in [0.15, 0.2) is 0 Å². The summed E-state index contributed by atoms with van der Waals surface area (Å²) in [6, 6.07) is 13.3. The molecule has 136 valence electrons. The summed E-state index contributed by atoms with van der Waals surface area (Å²) in [4.78, 5) is 11.5. The van der Waals surface area contributed by atoms with E-state index in [2.05, 4.69) is 25.5 Å². The summed E-state index contributed by atoms with van der Waals surface area (Å²) in [6.45, 7) is 6.20. The molecule has 0 saturated heterocycles. The van der Waals surface area contributed by atoms with E-state index in [1.54, 1.807) is 30.3 Å². The van der Waals surface area contributed by atoms with Gasteiger partial charge in [0.1, 0.15) is 4.88 Å². The lowest BCUT2D eigenvalue weighted by atomic mass is 9.87. The van der Waals surface area contributed by atoms with Crippen LogP contribution in [-0.4, -0.2) is 19.5 Å². The minimum atomic E-state index is -3.72. The number of carboxylic acid groups (broad SMARTS) is 1. The smallest absolute Gasteiger partial charge is 0.345 e. The molecule has 0 aliphatic heterocycles. The molecule has 7 heteroatoms. The second-order valence-electron chi connectivity index (χ2n) is 7.05. The van der Waals surface area contributed by atoms with Crippen molar-refractivity contribution in [1.29, 1.82) is 0 Å². The van der Waals surface area contributed by atoms with Crippen molar-refractivity contribution in [3.05, 3.63) is 59.0 Å². The third kappa shape index (κ3) is 3.73. The highest BCUT2D eigenvalue weighted by Gasteiger charge is 2.18. The molecular weight excluding hydrogens is 370 g/mol. The Hall–Kier alpha value is -2.38. The van der Waals surface area contributed by atoms with Crippen LogP contribution in [0.15, 0.2) is 53.4 Å². The van der Waals surface area contributed by atoms with Gasteiger partial charge in [-0.15, -0.1) is 11.3 Å². The number of sulfonamides is 1. The Bertz CT molecular complexity index is 1070. The van der Waals surface area contributed by atoms with Gasteiger partial charge in [-0.2, -0.15) is 0 Å². The van der Waals surface area contributed by atoms with E-state index < -0.39 is 16.0 Å². The third-order valence-corrected chi connectivity index (χ3v) is 6.51. The summed E-state index contributed by atoms with van der Waals surface area (Å²) in [5.41, 5.74) is 1.39. The lowest BCUT2D eigenvalue weighted by Crippen LogP contribution is -2.14. The van der Waals surface area contributed by atoms with Crippen LogP contribution < -0.4 is 4.72 Å². The molecule has 0 spiro atoms. The fourth-order valence-electron chi connectivity index (χ4n) is 2.56. The van der Waals surface area contributed by atoms with Crippen molar-refractivity contribution in [3.8, 4) is 0 Å². The summed E-state index contributed by atoms with van der Waals surface area (Å²) in [5, 5.41) is 9.76. The van der Waals surface area contributed by atoms with E-state index in [0.717, 1.165) is 21.6 Å². The number of nitrogens with one attached hydrogen (secondary N) is 1. The van der Waals surface area contributed by atoms with E-state index in [1.807, 2.05) is 12.1 Å². The zero-order valence-corrected chi connectivity index (χ0v) is 16.2. The zero-order valence-electron chi connectivity index (χ0n) is 14.6. The van der Waals surface area contributed by atoms with Crippen molar-refractivity contribution in [3.63, 3.8) is 0 Å². The molecule has 3 aromatic rings. The van der Waals surface area contributed by atoms with Crippen LogP contribution in [0.25, 0.3) is 10.1 Å². The first kappa shape index (κ1) is 18.4. The van der Waals surface area contributed by atoms with Crippen LogP contribution in [0.2, 0.25) is 0 Å². The Morgan fingerprint density at radius 1 is 1.04 bits per heavy atom. The first-order valence-electron chi connectivity index (χ1n) is 7.96. The molecule has 0 fully saturated rings.